The Balaban J connectivity index is 1.68. The minimum Gasteiger partial charge on any atom is -0.349 e. The van der Waals surface area contributed by atoms with Crippen molar-refractivity contribution in [3.05, 3.63) is 35.9 Å². The van der Waals surface area contributed by atoms with E-state index in [1.165, 1.54) is 31.2 Å². The molecule has 1 fully saturated rings. The topological polar surface area (TPSA) is 32.3 Å². The summed E-state index contributed by atoms with van der Waals surface area (Å²) in [6.07, 6.45) is 5.55. The van der Waals surface area contributed by atoms with Gasteiger partial charge in [-0.15, -0.1) is 0 Å². The molecule has 0 heterocycles. The molecule has 0 aliphatic heterocycles. The van der Waals surface area contributed by atoms with E-state index in [0.717, 1.165) is 12.5 Å². The molecule has 3 nitrogen and oxygen atoms in total. The average molecular weight is 274 g/mol. The number of hydrogen-bond donors (Lipinski definition) is 1. The van der Waals surface area contributed by atoms with E-state index >= 15 is 0 Å². The van der Waals surface area contributed by atoms with E-state index in [1.807, 2.05) is 14.1 Å². The molecular formula is C17H26N2O. The third-order valence-electron chi connectivity index (χ3n) is 4.27. The van der Waals surface area contributed by atoms with E-state index in [0.29, 0.717) is 12.5 Å². The first-order valence-electron chi connectivity index (χ1n) is 7.65. The third kappa shape index (κ3) is 4.34. The average Bonchev–Trinajstić information content (AvgIpc) is 2.48. The van der Waals surface area contributed by atoms with Crippen molar-refractivity contribution in [2.75, 3.05) is 20.6 Å². The van der Waals surface area contributed by atoms with E-state index in [9.17, 15) is 4.79 Å². The largest absolute Gasteiger partial charge is 0.349 e. The van der Waals surface area contributed by atoms with E-state index in [2.05, 4.69) is 35.6 Å². The standard InChI is InChI=1S/C17H26N2O/c1-19(2)17(20)12-13-18-16-10-8-15(9-11-16)14-6-4-3-5-7-14/h3-7,15-16,18H,8-13H2,1-2H3. The van der Waals surface area contributed by atoms with E-state index < -0.39 is 0 Å². The lowest BCUT2D eigenvalue weighted by molar-refractivity contribution is -0.128. The maximum absolute atomic E-state index is 11.5. The minimum absolute atomic E-state index is 0.204. The fraction of sp³-hybridized carbons (Fsp3) is 0.588. The summed E-state index contributed by atoms with van der Waals surface area (Å²) in [7, 11) is 3.63. The molecule has 0 radical (unpaired) electrons. The van der Waals surface area contributed by atoms with E-state index in [-0.39, 0.29) is 5.91 Å². The highest BCUT2D eigenvalue weighted by Crippen LogP contribution is 2.32. The number of benzene rings is 1. The molecule has 3 heteroatoms. The van der Waals surface area contributed by atoms with Gasteiger partial charge in [-0.1, -0.05) is 30.3 Å². The molecular weight excluding hydrogens is 248 g/mol. The Morgan fingerprint density at radius 2 is 1.80 bits per heavy atom. The van der Waals surface area contributed by atoms with Crippen LogP contribution in [-0.2, 0) is 4.79 Å². The summed E-state index contributed by atoms with van der Waals surface area (Å²) >= 11 is 0. The number of rotatable bonds is 5. The first kappa shape index (κ1) is 15.0. The highest BCUT2D eigenvalue weighted by molar-refractivity contribution is 5.75. The molecule has 0 bridgehead atoms. The summed E-state index contributed by atoms with van der Waals surface area (Å²) in [5, 5.41) is 3.53. The molecule has 2 rings (SSSR count). The Bertz CT molecular complexity index is 408. The second kappa shape index (κ2) is 7.44. The van der Waals surface area contributed by atoms with Gasteiger partial charge in [0, 0.05) is 33.1 Å². The van der Waals surface area contributed by atoms with Crippen LogP contribution in [0.4, 0.5) is 0 Å². The van der Waals surface area contributed by atoms with Gasteiger partial charge < -0.3 is 10.2 Å². The van der Waals surface area contributed by atoms with Crippen LogP contribution in [0.3, 0.4) is 0 Å². The molecule has 1 aromatic rings. The highest BCUT2D eigenvalue weighted by atomic mass is 16.2. The van der Waals surface area contributed by atoms with Gasteiger partial charge in [0.2, 0.25) is 5.91 Å². The van der Waals surface area contributed by atoms with Gasteiger partial charge in [-0.05, 0) is 37.2 Å². The molecule has 1 aromatic carbocycles. The molecule has 110 valence electrons. The summed E-state index contributed by atoms with van der Waals surface area (Å²) in [6, 6.07) is 11.4. The van der Waals surface area contributed by atoms with Gasteiger partial charge >= 0.3 is 0 Å². The summed E-state index contributed by atoms with van der Waals surface area (Å²) in [5.41, 5.74) is 1.48. The van der Waals surface area contributed by atoms with Crippen LogP contribution in [0.5, 0.6) is 0 Å². The number of nitrogens with one attached hydrogen (secondary N) is 1. The Kier molecular flexibility index (Phi) is 5.60. The van der Waals surface area contributed by atoms with Crippen molar-refractivity contribution >= 4 is 5.91 Å². The maximum atomic E-state index is 11.5. The maximum Gasteiger partial charge on any atom is 0.223 e. The molecule has 0 unspecified atom stereocenters. The summed E-state index contributed by atoms with van der Waals surface area (Å²) in [5.74, 6) is 0.924. The zero-order chi connectivity index (χ0) is 14.4. The van der Waals surface area contributed by atoms with Gasteiger partial charge in [0.1, 0.15) is 0 Å². The number of nitrogens with zero attached hydrogens (tertiary/aromatic N) is 1. The Morgan fingerprint density at radius 1 is 1.15 bits per heavy atom. The van der Waals surface area contributed by atoms with E-state index in [1.54, 1.807) is 4.90 Å². The lowest BCUT2D eigenvalue weighted by atomic mass is 9.82. The predicted octanol–water partition coefficient (Wildman–Crippen LogP) is 2.78. The van der Waals surface area contributed by atoms with Gasteiger partial charge in [-0.25, -0.2) is 0 Å². The molecule has 1 amide bonds. The van der Waals surface area contributed by atoms with Crippen LogP contribution in [0.2, 0.25) is 0 Å². The second-order valence-electron chi connectivity index (χ2n) is 5.95. The molecule has 20 heavy (non-hydrogen) atoms. The summed E-state index contributed by atoms with van der Waals surface area (Å²) < 4.78 is 0. The highest BCUT2D eigenvalue weighted by Gasteiger charge is 2.21. The Hall–Kier alpha value is -1.35. The van der Waals surface area contributed by atoms with Crippen LogP contribution >= 0.6 is 0 Å². The molecule has 1 aliphatic rings. The molecule has 0 saturated heterocycles. The second-order valence-corrected chi connectivity index (χ2v) is 5.95. The number of carbonyl (C=O) groups is 1. The first-order valence-corrected chi connectivity index (χ1v) is 7.65. The normalized spacial score (nSPS) is 22.5. The third-order valence-corrected chi connectivity index (χ3v) is 4.27. The van der Waals surface area contributed by atoms with Crippen LogP contribution in [-0.4, -0.2) is 37.5 Å². The molecule has 0 atom stereocenters. The SMILES string of the molecule is CN(C)C(=O)CCNC1CCC(c2ccccc2)CC1. The fourth-order valence-corrected chi connectivity index (χ4v) is 2.96. The monoisotopic (exact) mass is 274 g/mol. The number of carbonyl (C=O) groups excluding carboxylic acids is 1. The Labute approximate surface area is 122 Å². The quantitative estimate of drug-likeness (QED) is 0.895. The zero-order valence-electron chi connectivity index (χ0n) is 12.6. The van der Waals surface area contributed by atoms with E-state index in [4.69, 9.17) is 0 Å². The van der Waals surface area contributed by atoms with Gasteiger partial charge in [0.15, 0.2) is 0 Å². The van der Waals surface area contributed by atoms with Crippen molar-refractivity contribution in [3.8, 4) is 0 Å². The molecule has 1 N–H and O–H groups in total. The first-order chi connectivity index (χ1) is 9.66. The number of amides is 1. The summed E-state index contributed by atoms with van der Waals surface area (Å²) in [6.45, 7) is 0.803. The molecule has 1 aliphatic carbocycles. The molecule has 0 spiro atoms. The van der Waals surface area contributed by atoms with Crippen molar-refractivity contribution in [1.29, 1.82) is 0 Å². The van der Waals surface area contributed by atoms with Crippen molar-refractivity contribution in [1.82, 2.24) is 10.2 Å². The van der Waals surface area contributed by atoms with Gasteiger partial charge in [-0.2, -0.15) is 0 Å². The van der Waals surface area contributed by atoms with Gasteiger partial charge in [-0.3, -0.25) is 4.79 Å². The Morgan fingerprint density at radius 3 is 2.40 bits per heavy atom. The van der Waals surface area contributed by atoms with Crippen molar-refractivity contribution in [2.24, 2.45) is 0 Å². The van der Waals surface area contributed by atoms with Crippen molar-refractivity contribution in [3.63, 3.8) is 0 Å². The zero-order valence-corrected chi connectivity index (χ0v) is 12.6. The van der Waals surface area contributed by atoms with Gasteiger partial charge in [0.25, 0.3) is 0 Å². The predicted molar refractivity (Wildman–Crippen MR) is 82.8 cm³/mol. The van der Waals surface area contributed by atoms with Crippen LogP contribution in [0.25, 0.3) is 0 Å². The fourth-order valence-electron chi connectivity index (χ4n) is 2.96. The smallest absolute Gasteiger partial charge is 0.223 e. The summed E-state index contributed by atoms with van der Waals surface area (Å²) in [4.78, 5) is 13.2. The minimum atomic E-state index is 0.204. The van der Waals surface area contributed by atoms with Crippen LogP contribution in [0.1, 0.15) is 43.6 Å². The van der Waals surface area contributed by atoms with Crippen LogP contribution in [0, 0.1) is 0 Å². The lowest BCUT2D eigenvalue weighted by Gasteiger charge is -2.29. The lowest BCUT2D eigenvalue weighted by Crippen LogP contribution is -2.35. The van der Waals surface area contributed by atoms with Gasteiger partial charge in [0.05, 0.1) is 0 Å². The van der Waals surface area contributed by atoms with Crippen LogP contribution in [0.15, 0.2) is 30.3 Å². The van der Waals surface area contributed by atoms with Crippen LogP contribution < -0.4 is 5.32 Å². The molecule has 1 saturated carbocycles. The van der Waals surface area contributed by atoms with Crippen molar-refractivity contribution in [2.45, 2.75) is 44.1 Å². The van der Waals surface area contributed by atoms with Crippen molar-refractivity contribution < 1.29 is 4.79 Å². The molecule has 0 aromatic heterocycles. The number of hydrogen-bond acceptors (Lipinski definition) is 2.